The van der Waals surface area contributed by atoms with E-state index in [4.69, 9.17) is 10.2 Å². The van der Waals surface area contributed by atoms with Crippen LogP contribution in [0.1, 0.15) is 44.6 Å². The zero-order valence-electron chi connectivity index (χ0n) is 5.28. The number of hydrogen-bond donors (Lipinski definition) is 2. The molecule has 0 unspecified atom stereocenters. The van der Waals surface area contributed by atoms with Gasteiger partial charge in [-0.25, -0.2) is 9.59 Å². The van der Waals surface area contributed by atoms with Gasteiger partial charge in [-0.1, -0.05) is 57.7 Å². The van der Waals surface area contributed by atoms with E-state index in [9.17, 15) is 9.59 Å². The van der Waals surface area contributed by atoms with Gasteiger partial charge in [-0.05, 0) is 0 Å². The summed E-state index contributed by atoms with van der Waals surface area (Å²) in [5.41, 5.74) is 0. The molecule has 4 heteroatoms. The fourth-order valence-corrected chi connectivity index (χ4v) is 0. The molecule has 0 radical (unpaired) electrons. The highest BCUT2D eigenvalue weighted by Gasteiger charge is 1.73. The third kappa shape index (κ3) is 277. The normalized spacial score (nSPS) is 4.00. The Bertz CT molecular complexity index is 133. The molecule has 0 aromatic rings. The molecule has 16 heavy (non-hydrogen) atoms. The van der Waals surface area contributed by atoms with Crippen molar-refractivity contribution >= 4 is 11.9 Å². The van der Waals surface area contributed by atoms with Gasteiger partial charge < -0.3 is 10.2 Å². The Labute approximate surface area is 102 Å². The van der Waals surface area contributed by atoms with E-state index in [0.29, 0.717) is 0 Å². The van der Waals surface area contributed by atoms with Crippen LogP contribution in [-0.4, -0.2) is 22.2 Å². The molecule has 0 amide bonds. The molecular formula is C12H32O4. The maximum atomic E-state index is 9.25. The topological polar surface area (TPSA) is 74.6 Å². The molecule has 2 N–H and O–H groups in total. The predicted octanol–water partition coefficient (Wildman–Crippen LogP) is 4.33. The van der Waals surface area contributed by atoms with Crippen molar-refractivity contribution in [3.8, 4) is 0 Å². The van der Waals surface area contributed by atoms with E-state index in [2.05, 4.69) is 13.2 Å². The fraction of sp³-hybridized carbons (Fsp3) is 0.500. The fourth-order valence-electron chi connectivity index (χ4n) is 0. The maximum Gasteiger partial charge on any atom is 0.327 e. The Morgan fingerprint density at radius 3 is 0.750 bits per heavy atom. The second kappa shape index (κ2) is 50.2. The second-order valence-electron chi connectivity index (χ2n) is 1.08. The van der Waals surface area contributed by atoms with Crippen molar-refractivity contribution in [2.24, 2.45) is 0 Å². The van der Waals surface area contributed by atoms with E-state index >= 15 is 0 Å². The van der Waals surface area contributed by atoms with Gasteiger partial charge in [-0.15, -0.1) is 0 Å². The van der Waals surface area contributed by atoms with Crippen LogP contribution in [0.2, 0.25) is 0 Å². The summed E-state index contributed by atoms with van der Waals surface area (Å²) in [6, 6.07) is 0. The van der Waals surface area contributed by atoms with E-state index in [1.165, 1.54) is 0 Å². The van der Waals surface area contributed by atoms with Gasteiger partial charge in [0.2, 0.25) is 0 Å². The maximum absolute atomic E-state index is 9.25. The Morgan fingerprint density at radius 2 is 0.750 bits per heavy atom. The number of carboxylic acids is 2. The lowest BCUT2D eigenvalue weighted by Gasteiger charge is -1.64. The first-order valence-electron chi connectivity index (χ1n) is 2.25. The molecule has 4 nitrogen and oxygen atoms in total. The summed E-state index contributed by atoms with van der Waals surface area (Å²) >= 11 is 0. The predicted molar refractivity (Wildman–Crippen MR) is 76.1 cm³/mol. The molecule has 0 aliphatic carbocycles. The lowest BCUT2D eigenvalue weighted by atomic mass is 10.7. The molecule has 0 aromatic carbocycles. The summed E-state index contributed by atoms with van der Waals surface area (Å²) in [4.78, 5) is 18.5. The van der Waals surface area contributed by atoms with Crippen molar-refractivity contribution in [3.05, 3.63) is 25.3 Å². The first-order chi connectivity index (χ1) is 4.54. The molecule has 0 fully saturated rings. The minimum atomic E-state index is -0.981. The molecule has 0 spiro atoms. The molecule has 0 rings (SSSR count). The first kappa shape index (κ1) is 63.0. The van der Waals surface area contributed by atoms with Gasteiger partial charge in [-0.3, -0.25) is 0 Å². The standard InChI is InChI=1S/2C3H4O2.6CH4/c2*1-2-3(4)5;;;;;;/h2*2H,1H2,(H,4,5);6*1H4. The smallest absolute Gasteiger partial charge is 0.327 e. The summed E-state index contributed by atoms with van der Waals surface area (Å²) < 4.78 is 0. The molecule has 0 aliphatic rings. The number of carboxylic acid groups (broad SMARTS) is 2. The lowest BCUT2D eigenvalue weighted by Crippen LogP contribution is -1.82. The van der Waals surface area contributed by atoms with Crippen LogP contribution in [0.3, 0.4) is 0 Å². The van der Waals surface area contributed by atoms with E-state index < -0.39 is 11.9 Å². The van der Waals surface area contributed by atoms with Crippen molar-refractivity contribution in [1.82, 2.24) is 0 Å². The summed E-state index contributed by atoms with van der Waals surface area (Å²) in [6.07, 6.45) is 1.67. The van der Waals surface area contributed by atoms with E-state index in [1.54, 1.807) is 0 Å². The van der Waals surface area contributed by atoms with Crippen molar-refractivity contribution in [2.45, 2.75) is 44.6 Å². The highest BCUT2D eigenvalue weighted by atomic mass is 16.4. The van der Waals surface area contributed by atoms with Crippen LogP contribution in [0.5, 0.6) is 0 Å². The Kier molecular flexibility index (Phi) is 198. The number of rotatable bonds is 2. The Balaban J connectivity index is -0.00000000970. The van der Waals surface area contributed by atoms with Crippen LogP contribution in [0.4, 0.5) is 0 Å². The highest BCUT2D eigenvalue weighted by Crippen LogP contribution is 1.55. The van der Waals surface area contributed by atoms with Crippen molar-refractivity contribution in [2.75, 3.05) is 0 Å². The molecule has 0 bridgehead atoms. The van der Waals surface area contributed by atoms with Crippen molar-refractivity contribution in [1.29, 1.82) is 0 Å². The minimum Gasteiger partial charge on any atom is -0.478 e. The second-order valence-corrected chi connectivity index (χ2v) is 1.08. The van der Waals surface area contributed by atoms with E-state index in [-0.39, 0.29) is 44.6 Å². The van der Waals surface area contributed by atoms with E-state index in [0.717, 1.165) is 12.2 Å². The number of aliphatic carboxylic acids is 2. The van der Waals surface area contributed by atoms with Crippen molar-refractivity contribution in [3.63, 3.8) is 0 Å². The molecule has 104 valence electrons. The summed E-state index contributed by atoms with van der Waals surface area (Å²) in [7, 11) is 0. The third-order valence-electron chi connectivity index (χ3n) is 0.349. The van der Waals surface area contributed by atoms with E-state index in [1.807, 2.05) is 0 Å². The van der Waals surface area contributed by atoms with Gasteiger partial charge in [0.25, 0.3) is 0 Å². The molecule has 0 heterocycles. The van der Waals surface area contributed by atoms with Crippen LogP contribution in [-0.2, 0) is 9.59 Å². The number of carbonyl (C=O) groups is 2. The zero-order valence-corrected chi connectivity index (χ0v) is 5.28. The molecule has 0 saturated heterocycles. The summed E-state index contributed by atoms with van der Waals surface area (Å²) in [5, 5.41) is 15.2. The molecule has 0 atom stereocenters. The van der Waals surface area contributed by atoms with Gasteiger partial charge in [0, 0.05) is 12.2 Å². The quantitative estimate of drug-likeness (QED) is 0.704. The average Bonchev–Trinajstić information content (AvgIpc) is 1.89. The molecular weight excluding hydrogens is 208 g/mol. The summed E-state index contributed by atoms with van der Waals surface area (Å²) in [6.45, 7) is 5.92. The van der Waals surface area contributed by atoms with Crippen LogP contribution < -0.4 is 0 Å². The summed E-state index contributed by atoms with van der Waals surface area (Å²) in [5.74, 6) is -1.96. The lowest BCUT2D eigenvalue weighted by molar-refractivity contribution is -0.132. The van der Waals surface area contributed by atoms with Gasteiger partial charge in [0.1, 0.15) is 0 Å². The molecule has 0 saturated carbocycles. The third-order valence-corrected chi connectivity index (χ3v) is 0.349. The Morgan fingerprint density at radius 1 is 0.688 bits per heavy atom. The van der Waals surface area contributed by atoms with Crippen LogP contribution in [0.15, 0.2) is 25.3 Å². The van der Waals surface area contributed by atoms with Crippen molar-refractivity contribution < 1.29 is 19.8 Å². The van der Waals surface area contributed by atoms with Gasteiger partial charge in [0.05, 0.1) is 0 Å². The van der Waals surface area contributed by atoms with Gasteiger partial charge >= 0.3 is 11.9 Å². The largest absolute Gasteiger partial charge is 0.478 e. The van der Waals surface area contributed by atoms with Crippen LogP contribution in [0, 0.1) is 0 Å². The Hall–Kier alpha value is -1.58. The van der Waals surface area contributed by atoms with Crippen LogP contribution in [0.25, 0.3) is 0 Å². The van der Waals surface area contributed by atoms with Gasteiger partial charge in [-0.2, -0.15) is 0 Å². The minimum absolute atomic E-state index is 0. The first-order valence-corrected chi connectivity index (χ1v) is 2.25. The number of hydrogen-bond acceptors (Lipinski definition) is 2. The zero-order chi connectivity index (χ0) is 8.57. The van der Waals surface area contributed by atoms with Gasteiger partial charge in [0.15, 0.2) is 0 Å². The highest BCUT2D eigenvalue weighted by molar-refractivity contribution is 5.79. The monoisotopic (exact) mass is 240 g/mol. The SMILES string of the molecule is C.C.C.C.C.C.C=CC(=O)O.C=CC(=O)O. The average molecular weight is 240 g/mol. The molecule has 0 aromatic heterocycles. The molecule has 0 aliphatic heterocycles. The van der Waals surface area contributed by atoms with Crippen LogP contribution >= 0.6 is 0 Å².